The van der Waals surface area contributed by atoms with Gasteiger partial charge in [-0.05, 0) is 48.5 Å². The lowest BCUT2D eigenvalue weighted by atomic mass is 10.1. The molecule has 3 aromatic rings. The minimum atomic E-state index is 0.874. The largest absolute Gasteiger partial charge is 0.453 e. The summed E-state index contributed by atoms with van der Waals surface area (Å²) in [5, 5.41) is 6.44. The van der Waals surface area contributed by atoms with Gasteiger partial charge in [0.1, 0.15) is 0 Å². The number of hydrogen-bond acceptors (Lipinski definition) is 4. The Kier molecular flexibility index (Phi) is 5.72. The number of anilines is 3. The normalized spacial score (nSPS) is 14.9. The van der Waals surface area contributed by atoms with Crippen molar-refractivity contribution in [1.29, 1.82) is 0 Å². The summed E-state index contributed by atoms with van der Waals surface area (Å²) in [5.41, 5.74) is 3.22. The molecule has 2 heterocycles. The average molecular weight is 424 g/mol. The fourth-order valence-electron chi connectivity index (χ4n) is 3.18. The average Bonchev–Trinajstić information content (AvgIpc) is 2.74. The zero-order valence-corrected chi connectivity index (χ0v) is 16.6. The SMILES string of the molecule is Brc1ccc(N2c3ccccc3Oc3ccccc32)cc1.C1CNCCN1. The molecule has 0 radical (unpaired) electrons. The van der Waals surface area contributed by atoms with Crippen molar-refractivity contribution in [2.24, 2.45) is 0 Å². The predicted octanol–water partition coefficient (Wildman–Crippen LogP) is 5.20. The van der Waals surface area contributed by atoms with E-state index < -0.39 is 0 Å². The number of hydrogen-bond donors (Lipinski definition) is 2. The van der Waals surface area contributed by atoms with E-state index in [9.17, 15) is 0 Å². The van der Waals surface area contributed by atoms with Gasteiger partial charge < -0.3 is 20.3 Å². The highest BCUT2D eigenvalue weighted by molar-refractivity contribution is 9.10. The summed E-state index contributed by atoms with van der Waals surface area (Å²) in [6.07, 6.45) is 0. The van der Waals surface area contributed by atoms with Crippen molar-refractivity contribution in [1.82, 2.24) is 10.6 Å². The van der Waals surface area contributed by atoms with Crippen LogP contribution in [0.2, 0.25) is 0 Å². The zero-order chi connectivity index (χ0) is 18.5. The summed E-state index contributed by atoms with van der Waals surface area (Å²) in [5.74, 6) is 1.75. The fraction of sp³-hybridized carbons (Fsp3) is 0.182. The Bertz CT molecular complexity index is 837. The lowest BCUT2D eigenvalue weighted by Crippen LogP contribution is -2.39. The Hall–Kier alpha value is -2.34. The molecule has 27 heavy (non-hydrogen) atoms. The second-order valence-electron chi connectivity index (χ2n) is 6.35. The minimum Gasteiger partial charge on any atom is -0.453 e. The van der Waals surface area contributed by atoms with Crippen LogP contribution in [-0.4, -0.2) is 26.2 Å². The van der Waals surface area contributed by atoms with Gasteiger partial charge in [-0.15, -0.1) is 0 Å². The molecule has 138 valence electrons. The lowest BCUT2D eigenvalue weighted by molar-refractivity contribution is 0.477. The number of benzene rings is 3. The van der Waals surface area contributed by atoms with Crippen molar-refractivity contribution in [2.45, 2.75) is 0 Å². The van der Waals surface area contributed by atoms with Crippen LogP contribution in [-0.2, 0) is 0 Å². The maximum atomic E-state index is 6.00. The van der Waals surface area contributed by atoms with Crippen molar-refractivity contribution in [2.75, 3.05) is 31.1 Å². The number of rotatable bonds is 1. The second kappa shape index (κ2) is 8.57. The highest BCUT2D eigenvalue weighted by atomic mass is 79.9. The monoisotopic (exact) mass is 423 g/mol. The molecule has 0 aliphatic carbocycles. The van der Waals surface area contributed by atoms with E-state index in [4.69, 9.17) is 4.74 Å². The van der Waals surface area contributed by atoms with Gasteiger partial charge in [-0.2, -0.15) is 0 Å². The minimum absolute atomic E-state index is 0.874. The fourth-order valence-corrected chi connectivity index (χ4v) is 3.44. The molecule has 0 amide bonds. The summed E-state index contributed by atoms with van der Waals surface area (Å²) in [7, 11) is 0. The van der Waals surface area contributed by atoms with Gasteiger partial charge in [0.25, 0.3) is 0 Å². The van der Waals surface area contributed by atoms with E-state index in [-0.39, 0.29) is 0 Å². The van der Waals surface area contributed by atoms with E-state index in [1.54, 1.807) is 0 Å². The summed E-state index contributed by atoms with van der Waals surface area (Å²) < 4.78 is 7.07. The molecule has 2 N–H and O–H groups in total. The molecule has 3 aromatic carbocycles. The van der Waals surface area contributed by atoms with Crippen LogP contribution in [0.5, 0.6) is 11.5 Å². The lowest BCUT2D eigenvalue weighted by Gasteiger charge is -2.32. The van der Waals surface area contributed by atoms with Crippen molar-refractivity contribution < 1.29 is 4.74 Å². The molecule has 0 unspecified atom stereocenters. The van der Waals surface area contributed by atoms with E-state index in [2.05, 4.69) is 67.9 Å². The quantitative estimate of drug-likeness (QED) is 0.440. The standard InChI is InChI=1S/C18H12BrNO.C4H10N2/c19-13-9-11-14(12-10-13)20-15-5-1-3-7-17(15)21-18-8-4-2-6-16(18)20;1-2-6-4-3-5-1/h1-12H;5-6H,1-4H2. The molecule has 2 aliphatic heterocycles. The van der Waals surface area contributed by atoms with Crippen LogP contribution in [0.1, 0.15) is 0 Å². The molecule has 0 bridgehead atoms. The first-order valence-corrected chi connectivity index (χ1v) is 9.95. The molecule has 0 aromatic heterocycles. The molecule has 0 spiro atoms. The Labute approximate surface area is 168 Å². The number of piperazine rings is 1. The summed E-state index contributed by atoms with van der Waals surface area (Å²) in [6.45, 7) is 4.56. The molecule has 1 fully saturated rings. The molecule has 5 heteroatoms. The molecule has 5 rings (SSSR count). The van der Waals surface area contributed by atoms with E-state index in [1.807, 2.05) is 36.4 Å². The molecular weight excluding hydrogens is 402 g/mol. The molecule has 1 saturated heterocycles. The van der Waals surface area contributed by atoms with Gasteiger partial charge in [0.15, 0.2) is 11.5 Å². The van der Waals surface area contributed by atoms with Crippen molar-refractivity contribution in [3.05, 3.63) is 77.3 Å². The van der Waals surface area contributed by atoms with E-state index >= 15 is 0 Å². The number of halogens is 1. The third-order valence-electron chi connectivity index (χ3n) is 4.47. The number of nitrogens with one attached hydrogen (secondary N) is 2. The number of para-hydroxylation sites is 4. The van der Waals surface area contributed by atoms with Gasteiger partial charge in [-0.3, -0.25) is 0 Å². The Morgan fingerprint density at radius 2 is 1.15 bits per heavy atom. The van der Waals surface area contributed by atoms with Crippen LogP contribution >= 0.6 is 15.9 Å². The smallest absolute Gasteiger partial charge is 0.151 e. The van der Waals surface area contributed by atoms with Crippen LogP contribution < -0.4 is 20.3 Å². The topological polar surface area (TPSA) is 36.5 Å². The van der Waals surface area contributed by atoms with Crippen LogP contribution in [0.4, 0.5) is 17.1 Å². The Morgan fingerprint density at radius 3 is 1.63 bits per heavy atom. The van der Waals surface area contributed by atoms with Crippen LogP contribution in [0.15, 0.2) is 77.3 Å². The van der Waals surface area contributed by atoms with Crippen LogP contribution in [0.3, 0.4) is 0 Å². The molecular formula is C22H22BrN3O. The summed E-state index contributed by atoms with van der Waals surface area (Å²) in [6, 6.07) is 24.5. The highest BCUT2D eigenvalue weighted by Crippen LogP contribution is 2.49. The van der Waals surface area contributed by atoms with Gasteiger partial charge in [-0.1, -0.05) is 40.2 Å². The van der Waals surface area contributed by atoms with Crippen LogP contribution in [0, 0.1) is 0 Å². The van der Waals surface area contributed by atoms with Crippen molar-refractivity contribution >= 4 is 33.0 Å². The van der Waals surface area contributed by atoms with E-state index in [0.717, 1.165) is 59.2 Å². The highest BCUT2D eigenvalue weighted by Gasteiger charge is 2.24. The zero-order valence-electron chi connectivity index (χ0n) is 15.0. The summed E-state index contributed by atoms with van der Waals surface area (Å²) in [4.78, 5) is 2.22. The second-order valence-corrected chi connectivity index (χ2v) is 7.27. The van der Waals surface area contributed by atoms with Crippen molar-refractivity contribution in [3.8, 4) is 11.5 Å². The summed E-state index contributed by atoms with van der Waals surface area (Å²) >= 11 is 3.49. The van der Waals surface area contributed by atoms with Gasteiger partial charge in [0, 0.05) is 36.3 Å². The van der Waals surface area contributed by atoms with Gasteiger partial charge in [0.2, 0.25) is 0 Å². The maximum Gasteiger partial charge on any atom is 0.151 e. The first-order valence-electron chi connectivity index (χ1n) is 9.16. The molecule has 0 atom stereocenters. The molecule has 4 nitrogen and oxygen atoms in total. The third-order valence-corrected chi connectivity index (χ3v) is 5.00. The third kappa shape index (κ3) is 4.16. The van der Waals surface area contributed by atoms with Crippen molar-refractivity contribution in [3.63, 3.8) is 0 Å². The van der Waals surface area contributed by atoms with E-state index in [1.165, 1.54) is 0 Å². The first kappa shape index (κ1) is 18.0. The van der Waals surface area contributed by atoms with E-state index in [0.29, 0.717) is 0 Å². The number of nitrogens with zero attached hydrogens (tertiary/aromatic N) is 1. The molecule has 2 aliphatic rings. The number of fused-ring (bicyclic) bond motifs is 2. The molecule has 0 saturated carbocycles. The Morgan fingerprint density at radius 1 is 0.667 bits per heavy atom. The van der Waals surface area contributed by atoms with Gasteiger partial charge in [-0.25, -0.2) is 0 Å². The van der Waals surface area contributed by atoms with Gasteiger partial charge in [0.05, 0.1) is 11.4 Å². The maximum absolute atomic E-state index is 6.00. The van der Waals surface area contributed by atoms with Gasteiger partial charge >= 0.3 is 0 Å². The Balaban J connectivity index is 0.000000257. The first-order chi connectivity index (χ1) is 13.3. The number of ether oxygens (including phenoxy) is 1. The van der Waals surface area contributed by atoms with Crippen LogP contribution in [0.25, 0.3) is 0 Å². The predicted molar refractivity (Wildman–Crippen MR) is 115 cm³/mol.